The SMILES string of the molecule is CC(C)=NN1C(=O)c2cccc3cccc(c23)C1=O. The molecule has 0 aromatic heterocycles. The molecule has 3 rings (SSSR count). The van der Waals surface area contributed by atoms with Crippen LogP contribution >= 0.6 is 0 Å². The first-order chi connectivity index (χ1) is 9.09. The lowest BCUT2D eigenvalue weighted by Crippen LogP contribution is -2.36. The number of hydrazone groups is 1. The molecule has 2 amide bonds. The first-order valence-electron chi connectivity index (χ1n) is 6.02. The highest BCUT2D eigenvalue weighted by molar-refractivity contribution is 6.25. The lowest BCUT2D eigenvalue weighted by Gasteiger charge is -2.23. The van der Waals surface area contributed by atoms with Gasteiger partial charge in [-0.25, -0.2) is 0 Å². The molecule has 94 valence electrons. The number of hydrogen-bond donors (Lipinski definition) is 0. The maximum Gasteiger partial charge on any atom is 0.282 e. The molecule has 1 heterocycles. The molecule has 0 aliphatic carbocycles. The van der Waals surface area contributed by atoms with Gasteiger partial charge in [-0.05, 0) is 31.4 Å². The predicted molar refractivity (Wildman–Crippen MR) is 73.2 cm³/mol. The van der Waals surface area contributed by atoms with Crippen molar-refractivity contribution in [1.29, 1.82) is 0 Å². The molecule has 19 heavy (non-hydrogen) atoms. The highest BCUT2D eigenvalue weighted by Gasteiger charge is 2.32. The summed E-state index contributed by atoms with van der Waals surface area (Å²) in [5, 5.41) is 6.61. The molecule has 2 aromatic rings. The maximum absolute atomic E-state index is 12.3. The van der Waals surface area contributed by atoms with E-state index in [2.05, 4.69) is 5.10 Å². The predicted octanol–water partition coefficient (Wildman–Crippen LogP) is 2.83. The number of carbonyl (C=O) groups is 2. The van der Waals surface area contributed by atoms with Crippen LogP contribution in [0, 0.1) is 0 Å². The van der Waals surface area contributed by atoms with E-state index in [1.165, 1.54) is 0 Å². The number of carbonyl (C=O) groups excluding carboxylic acids is 2. The number of benzene rings is 2. The Bertz CT molecular complexity index is 692. The van der Waals surface area contributed by atoms with Crippen LogP contribution in [0.25, 0.3) is 10.8 Å². The molecule has 0 radical (unpaired) electrons. The Morgan fingerprint density at radius 2 is 1.47 bits per heavy atom. The molecule has 4 nitrogen and oxygen atoms in total. The van der Waals surface area contributed by atoms with Gasteiger partial charge in [0.15, 0.2) is 0 Å². The quantitative estimate of drug-likeness (QED) is 0.578. The molecule has 2 aromatic carbocycles. The highest BCUT2D eigenvalue weighted by atomic mass is 16.2. The molecule has 0 bridgehead atoms. The lowest BCUT2D eigenvalue weighted by atomic mass is 9.95. The average molecular weight is 252 g/mol. The van der Waals surface area contributed by atoms with Crippen LogP contribution in [0.3, 0.4) is 0 Å². The van der Waals surface area contributed by atoms with Gasteiger partial charge in [0, 0.05) is 11.1 Å². The second-order valence-corrected chi connectivity index (χ2v) is 4.68. The van der Waals surface area contributed by atoms with Crippen molar-refractivity contribution in [3.05, 3.63) is 47.5 Å². The van der Waals surface area contributed by atoms with Crippen LogP contribution in [0.2, 0.25) is 0 Å². The minimum atomic E-state index is -0.365. The van der Waals surface area contributed by atoms with Gasteiger partial charge in [0.05, 0.1) is 11.1 Å². The summed E-state index contributed by atoms with van der Waals surface area (Å²) < 4.78 is 0. The molecular formula is C15H12N2O2. The fourth-order valence-electron chi connectivity index (χ4n) is 2.31. The summed E-state index contributed by atoms with van der Waals surface area (Å²) in [5.41, 5.74) is 1.71. The summed E-state index contributed by atoms with van der Waals surface area (Å²) >= 11 is 0. The molecule has 0 fully saturated rings. The number of imide groups is 1. The highest BCUT2D eigenvalue weighted by Crippen LogP contribution is 2.29. The number of amides is 2. The summed E-state index contributed by atoms with van der Waals surface area (Å²) in [7, 11) is 0. The second kappa shape index (κ2) is 4.02. The molecule has 0 unspecified atom stereocenters. The zero-order chi connectivity index (χ0) is 13.6. The van der Waals surface area contributed by atoms with Gasteiger partial charge < -0.3 is 0 Å². The van der Waals surface area contributed by atoms with Gasteiger partial charge in [-0.15, -0.1) is 0 Å². The summed E-state index contributed by atoms with van der Waals surface area (Å²) in [6.45, 7) is 3.50. The molecule has 0 spiro atoms. The van der Waals surface area contributed by atoms with Gasteiger partial charge in [0.2, 0.25) is 0 Å². The number of nitrogens with zero attached hydrogens (tertiary/aromatic N) is 2. The van der Waals surface area contributed by atoms with Crippen LogP contribution in [-0.4, -0.2) is 22.5 Å². The monoisotopic (exact) mass is 252 g/mol. The van der Waals surface area contributed by atoms with Crippen molar-refractivity contribution >= 4 is 28.3 Å². The minimum Gasteiger partial charge on any atom is -0.267 e. The summed E-state index contributed by atoms with van der Waals surface area (Å²) in [5.74, 6) is -0.731. The molecular weight excluding hydrogens is 240 g/mol. The molecule has 0 N–H and O–H groups in total. The third-order valence-corrected chi connectivity index (χ3v) is 3.05. The lowest BCUT2D eigenvalue weighted by molar-refractivity contribution is 0.0615. The molecule has 0 atom stereocenters. The fourth-order valence-corrected chi connectivity index (χ4v) is 2.31. The van der Waals surface area contributed by atoms with Crippen LogP contribution < -0.4 is 0 Å². The van der Waals surface area contributed by atoms with E-state index in [-0.39, 0.29) is 11.8 Å². The van der Waals surface area contributed by atoms with Crippen LogP contribution in [0.4, 0.5) is 0 Å². The van der Waals surface area contributed by atoms with E-state index in [1.54, 1.807) is 26.0 Å². The van der Waals surface area contributed by atoms with Crippen molar-refractivity contribution in [2.45, 2.75) is 13.8 Å². The van der Waals surface area contributed by atoms with Crippen molar-refractivity contribution in [3.8, 4) is 0 Å². The van der Waals surface area contributed by atoms with E-state index < -0.39 is 0 Å². The molecule has 4 heteroatoms. The van der Waals surface area contributed by atoms with E-state index >= 15 is 0 Å². The zero-order valence-corrected chi connectivity index (χ0v) is 10.7. The second-order valence-electron chi connectivity index (χ2n) is 4.68. The van der Waals surface area contributed by atoms with Gasteiger partial charge in [0.1, 0.15) is 0 Å². The van der Waals surface area contributed by atoms with Crippen LogP contribution in [0.5, 0.6) is 0 Å². The van der Waals surface area contributed by atoms with Crippen molar-refractivity contribution < 1.29 is 9.59 Å². The van der Waals surface area contributed by atoms with Crippen LogP contribution in [0.15, 0.2) is 41.5 Å². The molecule has 1 aliphatic heterocycles. The summed E-state index contributed by atoms with van der Waals surface area (Å²) in [4.78, 5) is 24.7. The number of rotatable bonds is 1. The van der Waals surface area contributed by atoms with Gasteiger partial charge in [-0.1, -0.05) is 24.3 Å². The third-order valence-electron chi connectivity index (χ3n) is 3.05. The molecule has 0 saturated heterocycles. The standard InChI is InChI=1S/C15H12N2O2/c1-9(2)16-17-14(18)11-7-3-5-10-6-4-8-12(13(10)11)15(17)19/h3-8H,1-2H3. The van der Waals surface area contributed by atoms with Crippen LogP contribution in [-0.2, 0) is 0 Å². The third kappa shape index (κ3) is 1.64. The van der Waals surface area contributed by atoms with E-state index in [1.807, 2.05) is 24.3 Å². The van der Waals surface area contributed by atoms with Gasteiger partial charge in [-0.3, -0.25) is 9.59 Å². The smallest absolute Gasteiger partial charge is 0.267 e. The van der Waals surface area contributed by atoms with Crippen LogP contribution in [0.1, 0.15) is 34.6 Å². The Hall–Kier alpha value is -2.49. The molecule has 1 aliphatic rings. The number of hydrogen-bond acceptors (Lipinski definition) is 3. The Morgan fingerprint density at radius 3 is 1.95 bits per heavy atom. The summed E-state index contributed by atoms with van der Waals surface area (Å²) in [6.07, 6.45) is 0. The molecule has 0 saturated carbocycles. The minimum absolute atomic E-state index is 0.365. The summed E-state index contributed by atoms with van der Waals surface area (Å²) in [6, 6.07) is 10.9. The maximum atomic E-state index is 12.3. The van der Waals surface area contributed by atoms with Crippen molar-refractivity contribution in [3.63, 3.8) is 0 Å². The van der Waals surface area contributed by atoms with E-state index in [4.69, 9.17) is 0 Å². The first-order valence-corrected chi connectivity index (χ1v) is 6.02. The Kier molecular flexibility index (Phi) is 2.45. The van der Waals surface area contributed by atoms with E-state index in [9.17, 15) is 9.59 Å². The largest absolute Gasteiger partial charge is 0.282 e. The van der Waals surface area contributed by atoms with Gasteiger partial charge in [0.25, 0.3) is 11.8 Å². The average Bonchev–Trinajstić information content (AvgIpc) is 2.40. The Morgan fingerprint density at radius 1 is 0.947 bits per heavy atom. The van der Waals surface area contributed by atoms with Gasteiger partial charge in [-0.2, -0.15) is 10.1 Å². The topological polar surface area (TPSA) is 49.7 Å². The van der Waals surface area contributed by atoms with Crippen molar-refractivity contribution in [1.82, 2.24) is 5.01 Å². The van der Waals surface area contributed by atoms with E-state index in [0.29, 0.717) is 16.8 Å². The normalized spacial score (nSPS) is 13.9. The zero-order valence-electron chi connectivity index (χ0n) is 10.7. The first kappa shape index (κ1) is 11.6. The Balaban J connectivity index is 2.34. The van der Waals surface area contributed by atoms with Crippen molar-refractivity contribution in [2.24, 2.45) is 5.10 Å². The fraction of sp³-hybridized carbons (Fsp3) is 0.133. The van der Waals surface area contributed by atoms with E-state index in [0.717, 1.165) is 15.8 Å². The Labute approximate surface area is 110 Å². The van der Waals surface area contributed by atoms with Crippen molar-refractivity contribution in [2.75, 3.05) is 0 Å². The van der Waals surface area contributed by atoms with Gasteiger partial charge >= 0.3 is 0 Å².